The molecule has 7 nitrogen and oxygen atoms in total. The predicted molar refractivity (Wildman–Crippen MR) is 99.8 cm³/mol. The van der Waals surface area contributed by atoms with Crippen LogP contribution in [-0.4, -0.2) is 28.5 Å². The topological polar surface area (TPSA) is 94.3 Å². The Morgan fingerprint density at radius 2 is 1.56 bits per heavy atom. The molecule has 0 saturated carbocycles. The van der Waals surface area contributed by atoms with E-state index in [1.165, 1.54) is 47.3 Å². The standard InChI is InChI=1S/C18H12ClN3O4S/c19-12-5-8-14(9-6-12)27(24,25)26-13-7-10-17(18(23)11-13)22-20-15-3-1-2-4-16(15)21-22/h1-11,23H. The first-order valence-electron chi connectivity index (χ1n) is 7.78. The molecule has 4 rings (SSSR count). The molecule has 1 aromatic heterocycles. The van der Waals surface area contributed by atoms with Crippen molar-refractivity contribution in [3.8, 4) is 17.2 Å². The molecule has 9 heteroatoms. The molecule has 0 aliphatic carbocycles. The van der Waals surface area contributed by atoms with Gasteiger partial charge < -0.3 is 9.29 Å². The molecule has 0 unspecified atom stereocenters. The minimum absolute atomic E-state index is 0.0390. The Morgan fingerprint density at radius 1 is 0.926 bits per heavy atom. The highest BCUT2D eigenvalue weighted by molar-refractivity contribution is 7.87. The summed E-state index contributed by atoms with van der Waals surface area (Å²) in [6, 6.07) is 16.9. The van der Waals surface area contributed by atoms with Gasteiger partial charge in [0.2, 0.25) is 0 Å². The van der Waals surface area contributed by atoms with Crippen molar-refractivity contribution in [1.29, 1.82) is 0 Å². The average Bonchev–Trinajstić information content (AvgIpc) is 3.05. The second-order valence-electron chi connectivity index (χ2n) is 5.62. The van der Waals surface area contributed by atoms with E-state index in [-0.39, 0.29) is 16.4 Å². The van der Waals surface area contributed by atoms with Gasteiger partial charge in [-0.15, -0.1) is 15.0 Å². The van der Waals surface area contributed by atoms with Gasteiger partial charge in [0.05, 0.1) is 0 Å². The first kappa shape index (κ1) is 17.3. The lowest BCUT2D eigenvalue weighted by Gasteiger charge is -2.09. The summed E-state index contributed by atoms with van der Waals surface area (Å²) in [5, 5.41) is 19.2. The van der Waals surface area contributed by atoms with Crippen molar-refractivity contribution in [2.24, 2.45) is 0 Å². The largest absolute Gasteiger partial charge is 0.505 e. The van der Waals surface area contributed by atoms with Gasteiger partial charge in [-0.25, -0.2) is 0 Å². The number of aromatic nitrogens is 3. The molecule has 0 amide bonds. The highest BCUT2D eigenvalue weighted by Crippen LogP contribution is 2.29. The van der Waals surface area contributed by atoms with E-state index in [0.717, 1.165) is 0 Å². The highest BCUT2D eigenvalue weighted by Gasteiger charge is 2.18. The molecule has 0 saturated heterocycles. The second kappa shape index (κ2) is 6.57. The molecule has 0 fully saturated rings. The quantitative estimate of drug-likeness (QED) is 0.525. The number of halogens is 1. The summed E-state index contributed by atoms with van der Waals surface area (Å²) in [6.45, 7) is 0. The number of nitrogens with zero attached hydrogens (tertiary/aromatic N) is 3. The van der Waals surface area contributed by atoms with Crippen LogP contribution in [0.3, 0.4) is 0 Å². The van der Waals surface area contributed by atoms with Crippen molar-refractivity contribution in [2.75, 3.05) is 0 Å². The lowest BCUT2D eigenvalue weighted by atomic mass is 10.3. The molecule has 136 valence electrons. The van der Waals surface area contributed by atoms with E-state index >= 15 is 0 Å². The molecule has 0 aliphatic rings. The number of phenolic OH excluding ortho intramolecular Hbond substituents is 1. The monoisotopic (exact) mass is 401 g/mol. The Bertz CT molecular complexity index is 1200. The van der Waals surface area contributed by atoms with Gasteiger partial charge in [0.15, 0.2) is 0 Å². The van der Waals surface area contributed by atoms with Crippen LogP contribution in [0.25, 0.3) is 16.7 Å². The Labute approximate surface area is 159 Å². The molecule has 4 aromatic rings. The number of hydrogen-bond acceptors (Lipinski definition) is 6. The zero-order valence-corrected chi connectivity index (χ0v) is 15.2. The Kier molecular flexibility index (Phi) is 4.21. The van der Waals surface area contributed by atoms with Crippen molar-refractivity contribution >= 4 is 32.8 Å². The summed E-state index contributed by atoms with van der Waals surface area (Å²) in [5.41, 5.74) is 1.63. The number of rotatable bonds is 4. The van der Waals surface area contributed by atoms with Crippen LogP contribution < -0.4 is 4.18 Å². The minimum Gasteiger partial charge on any atom is -0.505 e. The highest BCUT2D eigenvalue weighted by atomic mass is 35.5. The lowest BCUT2D eigenvalue weighted by Crippen LogP contribution is -2.09. The van der Waals surface area contributed by atoms with Gasteiger partial charge in [-0.3, -0.25) is 0 Å². The van der Waals surface area contributed by atoms with Gasteiger partial charge in [0.25, 0.3) is 0 Å². The maximum atomic E-state index is 12.3. The Morgan fingerprint density at radius 3 is 2.15 bits per heavy atom. The van der Waals surface area contributed by atoms with Crippen LogP contribution in [0.1, 0.15) is 0 Å². The van der Waals surface area contributed by atoms with Crippen LogP contribution in [0.15, 0.2) is 71.6 Å². The molecule has 3 aromatic carbocycles. The normalized spacial score (nSPS) is 11.6. The van der Waals surface area contributed by atoms with Gasteiger partial charge in [-0.2, -0.15) is 8.42 Å². The molecule has 27 heavy (non-hydrogen) atoms. The summed E-state index contributed by atoms with van der Waals surface area (Å²) in [7, 11) is -4.05. The van der Waals surface area contributed by atoms with Crippen molar-refractivity contribution < 1.29 is 17.7 Å². The van der Waals surface area contributed by atoms with Gasteiger partial charge in [-0.1, -0.05) is 23.7 Å². The van der Waals surface area contributed by atoms with Crippen LogP contribution in [0.2, 0.25) is 5.02 Å². The summed E-state index contributed by atoms with van der Waals surface area (Å²) >= 11 is 5.76. The zero-order chi connectivity index (χ0) is 19.0. The molecule has 1 N–H and O–H groups in total. The number of aromatic hydroxyl groups is 1. The summed E-state index contributed by atoms with van der Waals surface area (Å²) < 4.78 is 29.7. The Hall–Kier alpha value is -3.10. The van der Waals surface area contributed by atoms with E-state index in [1.54, 1.807) is 12.1 Å². The van der Waals surface area contributed by atoms with E-state index in [0.29, 0.717) is 21.7 Å². The lowest BCUT2D eigenvalue weighted by molar-refractivity contribution is 0.458. The summed E-state index contributed by atoms with van der Waals surface area (Å²) in [4.78, 5) is 1.23. The molecule has 0 radical (unpaired) electrons. The van der Waals surface area contributed by atoms with E-state index in [9.17, 15) is 13.5 Å². The van der Waals surface area contributed by atoms with Crippen molar-refractivity contribution in [1.82, 2.24) is 15.0 Å². The van der Waals surface area contributed by atoms with E-state index in [2.05, 4.69) is 10.2 Å². The average molecular weight is 402 g/mol. The summed E-state index contributed by atoms with van der Waals surface area (Å²) in [5.74, 6) is -0.262. The minimum atomic E-state index is -4.05. The first-order valence-corrected chi connectivity index (χ1v) is 9.56. The van der Waals surface area contributed by atoms with Gasteiger partial charge in [0.1, 0.15) is 33.1 Å². The van der Waals surface area contributed by atoms with E-state index in [4.69, 9.17) is 15.8 Å². The molecular formula is C18H12ClN3O4S. The fourth-order valence-corrected chi connectivity index (χ4v) is 3.52. The van der Waals surface area contributed by atoms with Gasteiger partial charge in [-0.05, 0) is 48.5 Å². The summed E-state index contributed by atoms with van der Waals surface area (Å²) in [6.07, 6.45) is 0. The SMILES string of the molecule is O=S(=O)(Oc1ccc(-n2nc3ccccc3n2)c(O)c1)c1ccc(Cl)cc1. The second-order valence-corrected chi connectivity index (χ2v) is 7.60. The third-order valence-electron chi connectivity index (χ3n) is 3.76. The number of hydrogen-bond donors (Lipinski definition) is 1. The molecule has 0 bridgehead atoms. The van der Waals surface area contributed by atoms with Crippen LogP contribution >= 0.6 is 11.6 Å². The van der Waals surface area contributed by atoms with Crippen molar-refractivity contribution in [3.63, 3.8) is 0 Å². The number of fused-ring (bicyclic) bond motifs is 1. The number of phenols is 1. The maximum absolute atomic E-state index is 12.3. The van der Waals surface area contributed by atoms with E-state index in [1.807, 2.05) is 12.1 Å². The van der Waals surface area contributed by atoms with Crippen molar-refractivity contribution in [3.05, 3.63) is 71.8 Å². The van der Waals surface area contributed by atoms with Crippen LogP contribution in [-0.2, 0) is 10.1 Å². The van der Waals surface area contributed by atoms with Crippen molar-refractivity contribution in [2.45, 2.75) is 4.90 Å². The molecular weight excluding hydrogens is 390 g/mol. The van der Waals surface area contributed by atoms with Gasteiger partial charge in [0, 0.05) is 11.1 Å². The Balaban J connectivity index is 1.64. The smallest absolute Gasteiger partial charge is 0.339 e. The zero-order valence-electron chi connectivity index (χ0n) is 13.7. The molecule has 0 atom stereocenters. The maximum Gasteiger partial charge on any atom is 0.339 e. The number of benzene rings is 3. The van der Waals surface area contributed by atoms with Crippen LogP contribution in [0.4, 0.5) is 0 Å². The molecule has 0 spiro atoms. The third-order valence-corrected chi connectivity index (χ3v) is 5.27. The van der Waals surface area contributed by atoms with Gasteiger partial charge >= 0.3 is 10.1 Å². The van der Waals surface area contributed by atoms with E-state index < -0.39 is 10.1 Å². The first-order chi connectivity index (χ1) is 12.9. The molecule has 1 heterocycles. The van der Waals surface area contributed by atoms with Crippen LogP contribution in [0, 0.1) is 0 Å². The fourth-order valence-electron chi connectivity index (χ4n) is 2.47. The fraction of sp³-hybridized carbons (Fsp3) is 0. The predicted octanol–water partition coefficient (Wildman–Crippen LogP) is 3.55. The molecule has 0 aliphatic heterocycles. The third kappa shape index (κ3) is 3.44. The van der Waals surface area contributed by atoms with Crippen LogP contribution in [0.5, 0.6) is 11.5 Å².